The molecule has 0 saturated carbocycles. The minimum Gasteiger partial charge on any atom is -0.396 e. The van der Waals surface area contributed by atoms with Crippen LogP contribution in [0, 0.1) is 0 Å². The van der Waals surface area contributed by atoms with Gasteiger partial charge in [-0.05, 0) is 50.8 Å². The number of urea groups is 1. The zero-order valence-electron chi connectivity index (χ0n) is 12.3. The first-order valence-electron chi connectivity index (χ1n) is 7.04. The Labute approximate surface area is 135 Å². The summed E-state index contributed by atoms with van der Waals surface area (Å²) in [6.45, 7) is 3.97. The van der Waals surface area contributed by atoms with Crippen molar-refractivity contribution in [3.05, 3.63) is 33.8 Å². The number of amides is 2. The van der Waals surface area contributed by atoms with Crippen LogP contribution >= 0.6 is 23.2 Å². The highest BCUT2D eigenvalue weighted by Gasteiger charge is 2.12. The molecular formula is C15H22Cl2N2O2. The lowest BCUT2D eigenvalue weighted by molar-refractivity contribution is 0.231. The van der Waals surface area contributed by atoms with Gasteiger partial charge in [-0.2, -0.15) is 0 Å². The van der Waals surface area contributed by atoms with Crippen LogP contribution in [0.15, 0.2) is 18.2 Å². The number of aliphatic hydroxyl groups excluding tert-OH is 1. The molecule has 1 aromatic carbocycles. The van der Waals surface area contributed by atoms with Crippen LogP contribution in [-0.4, -0.2) is 29.8 Å². The Bertz CT molecular complexity index is 469. The van der Waals surface area contributed by atoms with Gasteiger partial charge in [0.15, 0.2) is 0 Å². The number of carbonyl (C=O) groups excluding carboxylic acids is 1. The van der Waals surface area contributed by atoms with Crippen LogP contribution in [0.1, 0.15) is 32.3 Å². The Balaban J connectivity index is 2.42. The lowest BCUT2D eigenvalue weighted by Gasteiger charge is -2.18. The number of nitrogens with one attached hydrogen (secondary N) is 2. The van der Waals surface area contributed by atoms with Crippen molar-refractivity contribution in [1.29, 1.82) is 0 Å². The zero-order valence-corrected chi connectivity index (χ0v) is 13.8. The number of halogens is 2. The standard InChI is InChI=1S/C15H22Cl2N2O2/c1-10(4-3-7-20)18-15(21)19-11(2)8-12-5-6-13(16)9-14(12)17/h5-6,9-11,20H,3-4,7-8H2,1-2H3,(H2,18,19,21). The molecule has 0 saturated heterocycles. The molecule has 4 nitrogen and oxygen atoms in total. The number of hydrogen-bond acceptors (Lipinski definition) is 2. The van der Waals surface area contributed by atoms with Crippen molar-refractivity contribution >= 4 is 29.2 Å². The first kappa shape index (κ1) is 18.1. The van der Waals surface area contributed by atoms with Gasteiger partial charge in [-0.3, -0.25) is 0 Å². The molecule has 0 aliphatic rings. The molecule has 21 heavy (non-hydrogen) atoms. The van der Waals surface area contributed by atoms with Gasteiger partial charge in [0.05, 0.1) is 0 Å². The van der Waals surface area contributed by atoms with Crippen LogP contribution in [0.5, 0.6) is 0 Å². The van der Waals surface area contributed by atoms with Crippen LogP contribution < -0.4 is 10.6 Å². The number of rotatable bonds is 7. The van der Waals surface area contributed by atoms with Crippen LogP contribution in [0.4, 0.5) is 4.79 Å². The summed E-state index contributed by atoms with van der Waals surface area (Å²) in [7, 11) is 0. The number of carbonyl (C=O) groups is 1. The molecule has 0 fully saturated rings. The molecule has 118 valence electrons. The second kappa shape index (κ2) is 9.13. The summed E-state index contributed by atoms with van der Waals surface area (Å²) >= 11 is 12.0. The average molecular weight is 333 g/mol. The molecule has 2 amide bonds. The van der Waals surface area contributed by atoms with Gasteiger partial charge >= 0.3 is 6.03 Å². The smallest absolute Gasteiger partial charge is 0.315 e. The molecule has 0 aromatic heterocycles. The molecule has 1 aromatic rings. The van der Waals surface area contributed by atoms with Crippen molar-refractivity contribution in [3.63, 3.8) is 0 Å². The fraction of sp³-hybridized carbons (Fsp3) is 0.533. The Kier molecular flexibility index (Phi) is 7.86. The monoisotopic (exact) mass is 332 g/mol. The topological polar surface area (TPSA) is 61.4 Å². The molecule has 0 spiro atoms. The maximum Gasteiger partial charge on any atom is 0.315 e. The predicted octanol–water partition coefficient (Wildman–Crippen LogP) is 3.38. The highest BCUT2D eigenvalue weighted by atomic mass is 35.5. The van der Waals surface area contributed by atoms with E-state index in [1.54, 1.807) is 12.1 Å². The van der Waals surface area contributed by atoms with Crippen LogP contribution in [0.3, 0.4) is 0 Å². The van der Waals surface area contributed by atoms with Gasteiger partial charge in [-0.25, -0.2) is 4.79 Å². The summed E-state index contributed by atoms with van der Waals surface area (Å²) in [4.78, 5) is 11.8. The molecule has 1 rings (SSSR count). The van der Waals surface area contributed by atoms with Gasteiger partial charge in [0.2, 0.25) is 0 Å². The van der Waals surface area contributed by atoms with E-state index in [-0.39, 0.29) is 24.7 Å². The summed E-state index contributed by atoms with van der Waals surface area (Å²) in [6, 6.07) is 5.12. The summed E-state index contributed by atoms with van der Waals surface area (Å²) in [5.74, 6) is 0. The Morgan fingerprint density at radius 2 is 1.90 bits per heavy atom. The van der Waals surface area contributed by atoms with Crippen LogP contribution in [0.2, 0.25) is 10.0 Å². The lowest BCUT2D eigenvalue weighted by atomic mass is 10.1. The molecule has 2 atom stereocenters. The molecule has 0 bridgehead atoms. The molecule has 0 aliphatic carbocycles. The Morgan fingerprint density at radius 1 is 1.24 bits per heavy atom. The second-order valence-corrected chi connectivity index (χ2v) is 6.07. The average Bonchev–Trinajstić information content (AvgIpc) is 2.39. The van der Waals surface area contributed by atoms with Gasteiger partial charge in [0.25, 0.3) is 0 Å². The van der Waals surface area contributed by atoms with E-state index in [0.717, 1.165) is 12.0 Å². The van der Waals surface area contributed by atoms with Crippen LogP contribution in [0.25, 0.3) is 0 Å². The van der Waals surface area contributed by atoms with Gasteiger partial charge in [0.1, 0.15) is 0 Å². The summed E-state index contributed by atoms with van der Waals surface area (Å²) in [5.41, 5.74) is 0.946. The lowest BCUT2D eigenvalue weighted by Crippen LogP contribution is -2.45. The Morgan fingerprint density at radius 3 is 2.52 bits per heavy atom. The van der Waals surface area contributed by atoms with Gasteiger partial charge in [0, 0.05) is 28.7 Å². The highest BCUT2D eigenvalue weighted by Crippen LogP contribution is 2.22. The molecular weight excluding hydrogens is 311 g/mol. The molecule has 0 heterocycles. The third kappa shape index (κ3) is 7.02. The fourth-order valence-corrected chi connectivity index (χ4v) is 2.51. The molecule has 6 heteroatoms. The zero-order chi connectivity index (χ0) is 15.8. The predicted molar refractivity (Wildman–Crippen MR) is 87.1 cm³/mol. The summed E-state index contributed by atoms with van der Waals surface area (Å²) < 4.78 is 0. The van der Waals surface area contributed by atoms with E-state index in [4.69, 9.17) is 28.3 Å². The summed E-state index contributed by atoms with van der Waals surface area (Å²) in [6.07, 6.45) is 2.06. The first-order valence-corrected chi connectivity index (χ1v) is 7.79. The normalized spacial score (nSPS) is 13.6. The maximum atomic E-state index is 11.8. The van der Waals surface area contributed by atoms with Crippen molar-refractivity contribution in [2.45, 2.75) is 45.2 Å². The minimum absolute atomic E-state index is 0.0310. The van der Waals surface area contributed by atoms with Crippen LogP contribution in [-0.2, 0) is 6.42 Å². The minimum atomic E-state index is -0.210. The quantitative estimate of drug-likeness (QED) is 0.716. The van der Waals surface area contributed by atoms with E-state index in [0.29, 0.717) is 22.9 Å². The van der Waals surface area contributed by atoms with E-state index >= 15 is 0 Å². The maximum absolute atomic E-state index is 11.8. The van der Waals surface area contributed by atoms with E-state index < -0.39 is 0 Å². The van der Waals surface area contributed by atoms with E-state index in [9.17, 15) is 4.79 Å². The fourth-order valence-electron chi connectivity index (χ4n) is 2.03. The van der Waals surface area contributed by atoms with E-state index in [1.807, 2.05) is 19.9 Å². The molecule has 0 radical (unpaired) electrons. The highest BCUT2D eigenvalue weighted by molar-refractivity contribution is 6.35. The van der Waals surface area contributed by atoms with Crippen molar-refractivity contribution in [3.8, 4) is 0 Å². The Hall–Kier alpha value is -0.970. The van der Waals surface area contributed by atoms with E-state index in [2.05, 4.69) is 10.6 Å². The number of benzene rings is 1. The number of hydrogen-bond donors (Lipinski definition) is 3. The SMILES string of the molecule is CC(CCCO)NC(=O)NC(C)Cc1ccc(Cl)cc1Cl. The molecule has 3 N–H and O–H groups in total. The largest absolute Gasteiger partial charge is 0.396 e. The van der Waals surface area contributed by atoms with Gasteiger partial charge in [-0.15, -0.1) is 0 Å². The van der Waals surface area contributed by atoms with Crippen molar-refractivity contribution < 1.29 is 9.90 Å². The first-order chi connectivity index (χ1) is 9.92. The van der Waals surface area contributed by atoms with Crippen molar-refractivity contribution in [2.24, 2.45) is 0 Å². The van der Waals surface area contributed by atoms with Gasteiger partial charge in [-0.1, -0.05) is 29.3 Å². The molecule has 0 aliphatic heterocycles. The van der Waals surface area contributed by atoms with Crippen molar-refractivity contribution in [2.75, 3.05) is 6.61 Å². The summed E-state index contributed by atoms with van der Waals surface area (Å²) in [5, 5.41) is 15.7. The third-order valence-corrected chi connectivity index (χ3v) is 3.68. The third-order valence-electron chi connectivity index (χ3n) is 3.09. The number of aliphatic hydroxyl groups is 1. The van der Waals surface area contributed by atoms with Gasteiger partial charge < -0.3 is 15.7 Å². The molecule has 2 unspecified atom stereocenters. The second-order valence-electron chi connectivity index (χ2n) is 5.23. The van der Waals surface area contributed by atoms with Crippen molar-refractivity contribution in [1.82, 2.24) is 10.6 Å². The van der Waals surface area contributed by atoms with E-state index in [1.165, 1.54) is 0 Å².